The fraction of sp³-hybridized carbons (Fsp3) is 0.941. The summed E-state index contributed by atoms with van der Waals surface area (Å²) in [7, 11) is 0. The van der Waals surface area contributed by atoms with Gasteiger partial charge in [0.2, 0.25) is 5.91 Å². The molecule has 2 rings (SSSR count). The Kier molecular flexibility index (Phi) is 6.01. The highest BCUT2D eigenvalue weighted by atomic mass is 32.2. The molecule has 0 radical (unpaired) electrons. The summed E-state index contributed by atoms with van der Waals surface area (Å²) >= 11 is 2.03. The zero-order valence-electron chi connectivity index (χ0n) is 14.2. The average molecular weight is 313 g/mol. The maximum Gasteiger partial charge on any atom is 0.227 e. The Hall–Kier alpha value is -0.220. The first-order valence-electron chi connectivity index (χ1n) is 8.48. The van der Waals surface area contributed by atoms with Gasteiger partial charge >= 0.3 is 0 Å². The highest BCUT2D eigenvalue weighted by molar-refractivity contribution is 7.99. The Bertz CT molecular complexity index is 345. The van der Waals surface area contributed by atoms with Crippen LogP contribution in [-0.2, 0) is 4.79 Å². The van der Waals surface area contributed by atoms with Gasteiger partial charge in [0.15, 0.2) is 0 Å². The molecule has 2 aliphatic rings. The Labute approximate surface area is 134 Å². The summed E-state index contributed by atoms with van der Waals surface area (Å²) in [5, 5.41) is 4.72. The lowest BCUT2D eigenvalue weighted by molar-refractivity contribution is -0.140. The molecule has 1 N–H and O–H groups in total. The van der Waals surface area contributed by atoms with Crippen molar-refractivity contribution in [1.82, 2.24) is 10.2 Å². The van der Waals surface area contributed by atoms with E-state index in [2.05, 4.69) is 16.5 Å². The first-order chi connectivity index (χ1) is 9.90. The molecule has 0 bridgehead atoms. The van der Waals surface area contributed by atoms with Crippen molar-refractivity contribution < 1.29 is 4.79 Å². The molecule has 2 fully saturated rings. The SMILES string of the molecule is CS[C@@H]1CCC[C@@H](NC2CCN(C(=O)C(C)(C)C)CC2)C1. The lowest BCUT2D eigenvalue weighted by atomic mass is 9.91. The molecule has 0 aromatic heterocycles. The summed E-state index contributed by atoms with van der Waals surface area (Å²) in [6.45, 7) is 7.90. The van der Waals surface area contributed by atoms with Crippen molar-refractivity contribution in [3.05, 3.63) is 0 Å². The first-order valence-corrected chi connectivity index (χ1v) is 9.77. The minimum Gasteiger partial charge on any atom is -0.342 e. The molecule has 21 heavy (non-hydrogen) atoms. The van der Waals surface area contributed by atoms with Crippen LogP contribution in [0.15, 0.2) is 0 Å². The Balaban J connectivity index is 1.75. The predicted molar refractivity (Wildman–Crippen MR) is 91.8 cm³/mol. The number of hydrogen-bond acceptors (Lipinski definition) is 3. The zero-order chi connectivity index (χ0) is 15.5. The van der Waals surface area contributed by atoms with Crippen molar-refractivity contribution in [1.29, 1.82) is 0 Å². The highest BCUT2D eigenvalue weighted by Crippen LogP contribution is 2.28. The van der Waals surface area contributed by atoms with E-state index >= 15 is 0 Å². The second kappa shape index (κ2) is 7.36. The molecular formula is C17H32N2OS. The van der Waals surface area contributed by atoms with Crippen molar-refractivity contribution in [3.8, 4) is 0 Å². The predicted octanol–water partition coefficient (Wildman–Crippen LogP) is 3.29. The van der Waals surface area contributed by atoms with Crippen LogP contribution in [0.25, 0.3) is 0 Å². The van der Waals surface area contributed by atoms with Gasteiger partial charge in [-0.3, -0.25) is 4.79 Å². The van der Waals surface area contributed by atoms with Gasteiger partial charge in [-0.15, -0.1) is 0 Å². The molecule has 1 heterocycles. The second-order valence-electron chi connectivity index (χ2n) is 7.70. The Morgan fingerprint density at radius 1 is 1.10 bits per heavy atom. The molecule has 1 aliphatic carbocycles. The number of rotatable bonds is 3. The molecule has 3 nitrogen and oxygen atoms in total. The van der Waals surface area contributed by atoms with E-state index in [1.165, 1.54) is 25.7 Å². The van der Waals surface area contributed by atoms with Crippen molar-refractivity contribution in [2.24, 2.45) is 5.41 Å². The van der Waals surface area contributed by atoms with E-state index in [9.17, 15) is 4.79 Å². The number of carbonyl (C=O) groups is 1. The van der Waals surface area contributed by atoms with Gasteiger partial charge in [0.1, 0.15) is 0 Å². The van der Waals surface area contributed by atoms with Gasteiger partial charge < -0.3 is 10.2 Å². The van der Waals surface area contributed by atoms with Gasteiger partial charge in [-0.2, -0.15) is 11.8 Å². The van der Waals surface area contributed by atoms with E-state index in [1.54, 1.807) is 0 Å². The van der Waals surface area contributed by atoms with Gasteiger partial charge in [0.25, 0.3) is 0 Å². The average Bonchev–Trinajstić information content (AvgIpc) is 2.46. The third-order valence-electron chi connectivity index (χ3n) is 4.85. The molecule has 4 heteroatoms. The molecule has 0 spiro atoms. The van der Waals surface area contributed by atoms with Crippen LogP contribution in [-0.4, -0.2) is 47.5 Å². The lowest BCUT2D eigenvalue weighted by Crippen LogP contribution is -2.50. The molecule has 0 aromatic rings. The Morgan fingerprint density at radius 2 is 1.76 bits per heavy atom. The minimum atomic E-state index is -0.241. The van der Waals surface area contributed by atoms with E-state index in [0.717, 1.165) is 31.2 Å². The van der Waals surface area contributed by atoms with E-state index in [0.29, 0.717) is 18.0 Å². The van der Waals surface area contributed by atoms with Gasteiger partial charge in [-0.05, 0) is 38.4 Å². The molecule has 2 atom stereocenters. The largest absolute Gasteiger partial charge is 0.342 e. The zero-order valence-corrected chi connectivity index (χ0v) is 15.0. The number of piperidine rings is 1. The smallest absolute Gasteiger partial charge is 0.227 e. The Morgan fingerprint density at radius 3 is 2.33 bits per heavy atom. The van der Waals surface area contributed by atoms with Crippen LogP contribution in [0.2, 0.25) is 0 Å². The first kappa shape index (κ1) is 17.1. The quantitative estimate of drug-likeness (QED) is 0.868. The van der Waals surface area contributed by atoms with Gasteiger partial charge in [-0.1, -0.05) is 27.2 Å². The van der Waals surface area contributed by atoms with E-state index in [-0.39, 0.29) is 5.41 Å². The van der Waals surface area contributed by atoms with Crippen molar-refractivity contribution in [2.45, 2.75) is 76.6 Å². The molecule has 0 aromatic carbocycles. The number of likely N-dealkylation sites (tertiary alicyclic amines) is 1. The summed E-state index contributed by atoms with van der Waals surface area (Å²) in [5.74, 6) is 0.307. The molecule has 1 amide bonds. The van der Waals surface area contributed by atoms with Crippen LogP contribution < -0.4 is 5.32 Å². The minimum absolute atomic E-state index is 0.241. The maximum atomic E-state index is 12.3. The molecule has 1 saturated carbocycles. The number of thioether (sulfide) groups is 1. The van der Waals surface area contributed by atoms with E-state index in [1.807, 2.05) is 32.5 Å². The molecule has 122 valence electrons. The topological polar surface area (TPSA) is 32.3 Å². The van der Waals surface area contributed by atoms with E-state index < -0.39 is 0 Å². The van der Waals surface area contributed by atoms with Crippen LogP contribution in [0.3, 0.4) is 0 Å². The summed E-state index contributed by atoms with van der Waals surface area (Å²) in [4.78, 5) is 14.4. The number of amides is 1. The van der Waals surface area contributed by atoms with Crippen LogP contribution in [0.5, 0.6) is 0 Å². The summed E-state index contributed by atoms with van der Waals surface area (Å²) in [6, 6.07) is 1.31. The summed E-state index contributed by atoms with van der Waals surface area (Å²) < 4.78 is 0. The third-order valence-corrected chi connectivity index (χ3v) is 5.95. The van der Waals surface area contributed by atoms with Gasteiger partial charge in [-0.25, -0.2) is 0 Å². The van der Waals surface area contributed by atoms with Crippen LogP contribution in [0, 0.1) is 5.41 Å². The maximum absolute atomic E-state index is 12.3. The number of nitrogens with one attached hydrogen (secondary N) is 1. The normalized spacial score (nSPS) is 28.7. The van der Waals surface area contributed by atoms with Crippen molar-refractivity contribution >= 4 is 17.7 Å². The molecule has 1 saturated heterocycles. The lowest BCUT2D eigenvalue weighted by Gasteiger charge is -2.38. The van der Waals surface area contributed by atoms with Crippen molar-refractivity contribution in [3.63, 3.8) is 0 Å². The number of nitrogens with zero attached hydrogens (tertiary/aromatic N) is 1. The van der Waals surface area contributed by atoms with Crippen LogP contribution >= 0.6 is 11.8 Å². The second-order valence-corrected chi connectivity index (χ2v) is 8.84. The third kappa shape index (κ3) is 4.88. The standard InChI is InChI=1S/C17H32N2OS/c1-17(2,3)16(20)19-10-8-13(9-11-19)18-14-6-5-7-15(12-14)21-4/h13-15,18H,5-12H2,1-4H3/t14-,15-/m1/s1. The van der Waals surface area contributed by atoms with Gasteiger partial charge in [0.05, 0.1) is 0 Å². The highest BCUT2D eigenvalue weighted by Gasteiger charge is 2.31. The summed E-state index contributed by atoms with van der Waals surface area (Å²) in [5.41, 5.74) is -0.241. The molecule has 0 unspecified atom stereocenters. The fourth-order valence-electron chi connectivity index (χ4n) is 3.57. The summed E-state index contributed by atoms with van der Waals surface area (Å²) in [6.07, 6.45) is 9.87. The van der Waals surface area contributed by atoms with Crippen LogP contribution in [0.1, 0.15) is 59.3 Å². The number of hydrogen-bond donors (Lipinski definition) is 1. The molecule has 1 aliphatic heterocycles. The fourth-order valence-corrected chi connectivity index (χ4v) is 4.39. The van der Waals surface area contributed by atoms with E-state index in [4.69, 9.17) is 0 Å². The van der Waals surface area contributed by atoms with Gasteiger partial charge in [0, 0.05) is 35.8 Å². The number of carbonyl (C=O) groups excluding carboxylic acids is 1. The monoisotopic (exact) mass is 312 g/mol. The molecular weight excluding hydrogens is 280 g/mol. The van der Waals surface area contributed by atoms with Crippen LogP contribution in [0.4, 0.5) is 0 Å². The van der Waals surface area contributed by atoms with Crippen molar-refractivity contribution in [2.75, 3.05) is 19.3 Å².